The maximum atomic E-state index is 13.8. The van der Waals surface area contributed by atoms with Crippen LogP contribution in [0.1, 0.15) is 30.1 Å². The van der Waals surface area contributed by atoms with E-state index < -0.39 is 17.7 Å². The SMILES string of the molecule is CC(NC1COc2cc(O)ccc21)c1c(F)cccc1F. The Labute approximate surface area is 121 Å². The van der Waals surface area contributed by atoms with Crippen molar-refractivity contribution in [2.75, 3.05) is 6.61 Å². The van der Waals surface area contributed by atoms with Gasteiger partial charge in [-0.05, 0) is 31.2 Å². The minimum absolute atomic E-state index is 0.0183. The van der Waals surface area contributed by atoms with Crippen molar-refractivity contribution < 1.29 is 18.6 Å². The molecule has 3 nitrogen and oxygen atoms in total. The first-order chi connectivity index (χ1) is 10.1. The molecule has 2 aromatic carbocycles. The number of ether oxygens (including phenoxy) is 1. The van der Waals surface area contributed by atoms with Gasteiger partial charge in [-0.25, -0.2) is 8.78 Å². The van der Waals surface area contributed by atoms with Crippen LogP contribution in [0.4, 0.5) is 8.78 Å². The molecular formula is C16H15F2NO2. The molecule has 2 N–H and O–H groups in total. The van der Waals surface area contributed by atoms with Gasteiger partial charge in [-0.15, -0.1) is 0 Å². The van der Waals surface area contributed by atoms with Crippen molar-refractivity contribution in [2.45, 2.75) is 19.0 Å². The smallest absolute Gasteiger partial charge is 0.130 e. The van der Waals surface area contributed by atoms with Crippen molar-refractivity contribution in [2.24, 2.45) is 0 Å². The van der Waals surface area contributed by atoms with Crippen molar-refractivity contribution in [3.05, 3.63) is 59.2 Å². The quantitative estimate of drug-likeness (QED) is 0.910. The molecule has 2 aromatic rings. The average Bonchev–Trinajstić information content (AvgIpc) is 2.80. The summed E-state index contributed by atoms with van der Waals surface area (Å²) in [6.45, 7) is 2.07. The zero-order valence-electron chi connectivity index (χ0n) is 11.4. The van der Waals surface area contributed by atoms with Crippen molar-refractivity contribution >= 4 is 0 Å². The number of phenolic OH excluding ortho intramolecular Hbond substituents is 1. The predicted molar refractivity (Wildman–Crippen MR) is 74.3 cm³/mol. The van der Waals surface area contributed by atoms with Gasteiger partial charge in [0.1, 0.15) is 29.7 Å². The Balaban J connectivity index is 1.83. The van der Waals surface area contributed by atoms with Crippen molar-refractivity contribution in [1.82, 2.24) is 5.32 Å². The molecule has 0 saturated carbocycles. The molecule has 1 aliphatic heterocycles. The lowest BCUT2D eigenvalue weighted by Crippen LogP contribution is -2.27. The summed E-state index contributed by atoms with van der Waals surface area (Å²) >= 11 is 0. The van der Waals surface area contributed by atoms with E-state index in [0.29, 0.717) is 12.4 Å². The molecule has 0 radical (unpaired) electrons. The highest BCUT2D eigenvalue weighted by Crippen LogP contribution is 2.36. The molecule has 0 bridgehead atoms. The Morgan fingerprint density at radius 2 is 1.95 bits per heavy atom. The van der Waals surface area contributed by atoms with Crippen LogP contribution < -0.4 is 10.1 Å². The van der Waals surface area contributed by atoms with Crippen LogP contribution >= 0.6 is 0 Å². The first-order valence-corrected chi connectivity index (χ1v) is 6.72. The average molecular weight is 291 g/mol. The highest BCUT2D eigenvalue weighted by Gasteiger charge is 2.27. The van der Waals surface area contributed by atoms with Crippen molar-refractivity contribution in [3.63, 3.8) is 0 Å². The lowest BCUT2D eigenvalue weighted by molar-refractivity contribution is 0.297. The standard InChI is InChI=1S/C16H15F2NO2/c1-9(16-12(17)3-2-4-13(16)18)19-14-8-21-15-7-10(20)5-6-11(14)15/h2-7,9,14,19-20H,8H2,1H3. The van der Waals surface area contributed by atoms with Gasteiger partial charge in [0.25, 0.3) is 0 Å². The lowest BCUT2D eigenvalue weighted by atomic mass is 10.0. The largest absolute Gasteiger partial charge is 0.508 e. The fourth-order valence-electron chi connectivity index (χ4n) is 2.65. The second-order valence-corrected chi connectivity index (χ2v) is 5.11. The number of benzene rings is 2. The lowest BCUT2D eigenvalue weighted by Gasteiger charge is -2.20. The Hall–Kier alpha value is -2.14. The highest BCUT2D eigenvalue weighted by molar-refractivity contribution is 5.44. The summed E-state index contributed by atoms with van der Waals surface area (Å²) in [6.07, 6.45) is 0. The molecule has 21 heavy (non-hydrogen) atoms. The Morgan fingerprint density at radius 3 is 2.67 bits per heavy atom. The van der Waals surface area contributed by atoms with Crippen LogP contribution in [0.25, 0.3) is 0 Å². The Bertz CT molecular complexity index is 655. The van der Waals surface area contributed by atoms with Gasteiger partial charge < -0.3 is 15.2 Å². The summed E-state index contributed by atoms with van der Waals surface area (Å²) in [7, 11) is 0. The first-order valence-electron chi connectivity index (χ1n) is 6.72. The molecule has 0 saturated heterocycles. The third kappa shape index (κ3) is 2.56. The third-order valence-corrected chi connectivity index (χ3v) is 3.66. The second-order valence-electron chi connectivity index (χ2n) is 5.11. The van der Waals surface area contributed by atoms with E-state index in [1.165, 1.54) is 24.3 Å². The minimum Gasteiger partial charge on any atom is -0.508 e. The molecule has 0 fully saturated rings. The van der Waals surface area contributed by atoms with Crippen molar-refractivity contribution in [3.8, 4) is 11.5 Å². The maximum Gasteiger partial charge on any atom is 0.130 e. The predicted octanol–water partition coefficient (Wildman–Crippen LogP) is 3.45. The number of hydrogen-bond acceptors (Lipinski definition) is 3. The number of rotatable bonds is 3. The molecule has 2 atom stereocenters. The van der Waals surface area contributed by atoms with E-state index in [0.717, 1.165) is 5.56 Å². The van der Waals surface area contributed by atoms with Gasteiger partial charge in [-0.3, -0.25) is 0 Å². The molecule has 0 aromatic heterocycles. The van der Waals surface area contributed by atoms with E-state index in [4.69, 9.17) is 4.74 Å². The van der Waals surface area contributed by atoms with Gasteiger partial charge in [-0.2, -0.15) is 0 Å². The fourth-order valence-corrected chi connectivity index (χ4v) is 2.65. The first kappa shape index (κ1) is 13.8. The van der Waals surface area contributed by atoms with E-state index in [-0.39, 0.29) is 17.4 Å². The van der Waals surface area contributed by atoms with E-state index in [9.17, 15) is 13.9 Å². The van der Waals surface area contributed by atoms with Gasteiger partial charge in [0.2, 0.25) is 0 Å². The summed E-state index contributed by atoms with van der Waals surface area (Å²) in [6, 6.07) is 8.01. The molecule has 0 spiro atoms. The van der Waals surface area contributed by atoms with Crippen LogP contribution in [-0.4, -0.2) is 11.7 Å². The maximum absolute atomic E-state index is 13.8. The summed E-state index contributed by atoms with van der Waals surface area (Å²) < 4.78 is 33.0. The zero-order chi connectivity index (χ0) is 15.0. The van der Waals surface area contributed by atoms with Gasteiger partial charge in [0.05, 0.1) is 6.04 Å². The molecule has 3 rings (SSSR count). The topological polar surface area (TPSA) is 41.5 Å². The van der Waals surface area contributed by atoms with Crippen LogP contribution in [0, 0.1) is 11.6 Å². The number of phenols is 1. The number of nitrogens with one attached hydrogen (secondary N) is 1. The summed E-state index contributed by atoms with van der Waals surface area (Å²) in [5.74, 6) is -0.420. The summed E-state index contributed by atoms with van der Waals surface area (Å²) in [4.78, 5) is 0. The zero-order valence-corrected chi connectivity index (χ0v) is 11.4. The number of fused-ring (bicyclic) bond motifs is 1. The van der Waals surface area contributed by atoms with E-state index in [1.807, 2.05) is 0 Å². The monoisotopic (exact) mass is 291 g/mol. The molecule has 1 aliphatic rings. The molecule has 0 amide bonds. The van der Waals surface area contributed by atoms with E-state index in [1.54, 1.807) is 19.1 Å². The normalized spacial score (nSPS) is 18.1. The Kier molecular flexibility index (Phi) is 3.51. The van der Waals surface area contributed by atoms with Gasteiger partial charge in [-0.1, -0.05) is 6.07 Å². The van der Waals surface area contributed by atoms with Crippen LogP contribution in [0.15, 0.2) is 36.4 Å². The van der Waals surface area contributed by atoms with Crippen molar-refractivity contribution in [1.29, 1.82) is 0 Å². The Morgan fingerprint density at radius 1 is 1.24 bits per heavy atom. The minimum atomic E-state index is -0.570. The van der Waals surface area contributed by atoms with Crippen LogP contribution in [0.2, 0.25) is 0 Å². The van der Waals surface area contributed by atoms with E-state index in [2.05, 4.69) is 5.32 Å². The second kappa shape index (κ2) is 5.33. The molecule has 1 heterocycles. The van der Waals surface area contributed by atoms with Crippen LogP contribution in [-0.2, 0) is 0 Å². The van der Waals surface area contributed by atoms with Crippen LogP contribution in [0.3, 0.4) is 0 Å². The summed E-state index contributed by atoms with van der Waals surface area (Å²) in [5.41, 5.74) is 0.890. The van der Waals surface area contributed by atoms with Gasteiger partial charge in [0, 0.05) is 23.2 Å². The molecule has 2 unspecified atom stereocenters. The highest BCUT2D eigenvalue weighted by atomic mass is 19.1. The molecular weight excluding hydrogens is 276 g/mol. The number of aromatic hydroxyl groups is 1. The summed E-state index contributed by atoms with van der Waals surface area (Å²) in [5, 5.41) is 12.6. The van der Waals surface area contributed by atoms with Gasteiger partial charge >= 0.3 is 0 Å². The fraction of sp³-hybridized carbons (Fsp3) is 0.250. The van der Waals surface area contributed by atoms with Gasteiger partial charge in [0.15, 0.2) is 0 Å². The molecule has 0 aliphatic carbocycles. The van der Waals surface area contributed by atoms with Crippen LogP contribution in [0.5, 0.6) is 11.5 Å². The number of hydrogen-bond donors (Lipinski definition) is 2. The molecule has 5 heteroatoms. The number of halogens is 2. The van der Waals surface area contributed by atoms with E-state index >= 15 is 0 Å². The third-order valence-electron chi connectivity index (χ3n) is 3.66. The molecule has 110 valence electrons.